The number of aromatic hydroxyl groups is 1. The van der Waals surface area contributed by atoms with Crippen molar-refractivity contribution in [2.45, 2.75) is 52.6 Å². The third kappa shape index (κ3) is 3.67. The Kier molecular flexibility index (Phi) is 5.50. The number of allylic oxidation sites excluding steroid dienone is 4. The third-order valence-electron chi connectivity index (χ3n) is 5.86. The lowest BCUT2D eigenvalue weighted by atomic mass is 9.87. The van der Waals surface area contributed by atoms with E-state index in [9.17, 15) is 5.11 Å². The van der Waals surface area contributed by atoms with E-state index in [2.05, 4.69) is 45.9 Å². The van der Waals surface area contributed by atoms with Crippen molar-refractivity contribution >= 4 is 0 Å². The predicted octanol–water partition coefficient (Wildman–Crippen LogP) is 6.03. The summed E-state index contributed by atoms with van der Waals surface area (Å²) >= 11 is 0. The van der Waals surface area contributed by atoms with Crippen LogP contribution in [-0.4, -0.2) is 18.8 Å². The Hall–Kier alpha value is -2.88. The quantitative estimate of drug-likeness (QED) is 0.616. The first-order valence-corrected chi connectivity index (χ1v) is 10.5. The molecular formula is C26H30O4. The van der Waals surface area contributed by atoms with Crippen LogP contribution in [0, 0.1) is 0 Å². The fraction of sp³-hybridized carbons (Fsp3) is 0.385. The molecule has 0 aliphatic carbocycles. The molecule has 2 aromatic rings. The maximum absolute atomic E-state index is 10.5. The van der Waals surface area contributed by atoms with Gasteiger partial charge in [0.15, 0.2) is 0 Å². The van der Waals surface area contributed by atoms with Gasteiger partial charge in [0.2, 0.25) is 0 Å². The summed E-state index contributed by atoms with van der Waals surface area (Å²) < 4.78 is 18.3. The highest BCUT2D eigenvalue weighted by molar-refractivity contribution is 5.58. The molecule has 0 saturated carbocycles. The van der Waals surface area contributed by atoms with Crippen molar-refractivity contribution in [3.05, 3.63) is 69.8 Å². The molecule has 158 valence electrons. The van der Waals surface area contributed by atoms with E-state index in [-0.39, 0.29) is 17.8 Å². The van der Waals surface area contributed by atoms with Crippen LogP contribution in [-0.2, 0) is 12.8 Å². The number of phenols is 1. The molecule has 1 N–H and O–H groups in total. The number of ether oxygens (including phenoxy) is 3. The largest absolute Gasteiger partial charge is 0.508 e. The topological polar surface area (TPSA) is 47.9 Å². The predicted molar refractivity (Wildman–Crippen MR) is 119 cm³/mol. The Balaban J connectivity index is 1.75. The second kappa shape index (κ2) is 8.10. The molecule has 0 fully saturated rings. The molecule has 0 bridgehead atoms. The second-order valence-electron chi connectivity index (χ2n) is 8.61. The molecule has 0 spiro atoms. The van der Waals surface area contributed by atoms with Crippen molar-refractivity contribution in [3.8, 4) is 23.0 Å². The van der Waals surface area contributed by atoms with E-state index in [0.29, 0.717) is 18.8 Å². The number of phenolic OH excluding ortho intramolecular Hbond substituents is 1. The van der Waals surface area contributed by atoms with Gasteiger partial charge in [0.1, 0.15) is 29.1 Å². The average Bonchev–Trinajstić information content (AvgIpc) is 3.09. The van der Waals surface area contributed by atoms with Crippen molar-refractivity contribution in [2.75, 3.05) is 13.7 Å². The molecule has 4 nitrogen and oxygen atoms in total. The maximum atomic E-state index is 10.5. The molecule has 2 aliphatic heterocycles. The lowest BCUT2D eigenvalue weighted by molar-refractivity contribution is 0.138. The van der Waals surface area contributed by atoms with Crippen LogP contribution in [0.15, 0.2) is 47.6 Å². The molecular weight excluding hydrogens is 376 g/mol. The van der Waals surface area contributed by atoms with Crippen LogP contribution in [0.2, 0.25) is 0 Å². The summed E-state index contributed by atoms with van der Waals surface area (Å²) in [6.07, 6.45) is 5.65. The number of hydrogen-bond donors (Lipinski definition) is 1. The Morgan fingerprint density at radius 3 is 2.50 bits per heavy atom. The zero-order chi connectivity index (χ0) is 21.4. The van der Waals surface area contributed by atoms with Gasteiger partial charge in [-0.05, 0) is 58.2 Å². The van der Waals surface area contributed by atoms with Crippen LogP contribution in [0.3, 0.4) is 0 Å². The fourth-order valence-corrected chi connectivity index (χ4v) is 4.22. The monoisotopic (exact) mass is 406 g/mol. The smallest absolute Gasteiger partial charge is 0.138 e. The first-order chi connectivity index (χ1) is 14.4. The van der Waals surface area contributed by atoms with Crippen molar-refractivity contribution in [1.29, 1.82) is 0 Å². The highest BCUT2D eigenvalue weighted by atomic mass is 16.5. The molecule has 0 unspecified atom stereocenters. The molecule has 2 aromatic carbocycles. The Labute approximate surface area is 178 Å². The van der Waals surface area contributed by atoms with Gasteiger partial charge in [-0.1, -0.05) is 29.4 Å². The third-order valence-corrected chi connectivity index (χ3v) is 5.86. The van der Waals surface area contributed by atoms with Gasteiger partial charge >= 0.3 is 0 Å². The van der Waals surface area contributed by atoms with Crippen LogP contribution < -0.4 is 14.2 Å². The van der Waals surface area contributed by atoms with Gasteiger partial charge in [-0.3, -0.25) is 0 Å². The molecule has 0 radical (unpaired) electrons. The lowest BCUT2D eigenvalue weighted by Crippen LogP contribution is -2.23. The first kappa shape index (κ1) is 20.4. The summed E-state index contributed by atoms with van der Waals surface area (Å²) in [5.74, 6) is 2.87. The van der Waals surface area contributed by atoms with Gasteiger partial charge in [0.25, 0.3) is 0 Å². The SMILES string of the molecule is COc1ccc2c(c1CC=C(C)C)O[C@H]1c3cc(CC=C(C)C)c(O)cc3OC[C@@H]21. The minimum absolute atomic E-state index is 0.118. The Bertz CT molecular complexity index is 1020. The summed E-state index contributed by atoms with van der Waals surface area (Å²) in [5, 5.41) is 10.5. The van der Waals surface area contributed by atoms with Gasteiger partial charge in [-0.25, -0.2) is 0 Å². The average molecular weight is 407 g/mol. The minimum atomic E-state index is -0.118. The van der Waals surface area contributed by atoms with Crippen molar-refractivity contribution in [3.63, 3.8) is 0 Å². The van der Waals surface area contributed by atoms with Gasteiger partial charge < -0.3 is 19.3 Å². The minimum Gasteiger partial charge on any atom is -0.508 e. The van der Waals surface area contributed by atoms with E-state index in [1.165, 1.54) is 16.7 Å². The van der Waals surface area contributed by atoms with E-state index in [1.807, 2.05) is 12.1 Å². The van der Waals surface area contributed by atoms with E-state index in [0.717, 1.165) is 34.6 Å². The molecule has 4 heteroatoms. The van der Waals surface area contributed by atoms with Crippen LogP contribution >= 0.6 is 0 Å². The molecule has 4 rings (SSSR count). The van der Waals surface area contributed by atoms with Gasteiger partial charge in [0.05, 0.1) is 19.6 Å². The second-order valence-corrected chi connectivity index (χ2v) is 8.61. The van der Waals surface area contributed by atoms with Gasteiger partial charge in [-0.2, -0.15) is 0 Å². The van der Waals surface area contributed by atoms with E-state index < -0.39 is 0 Å². The Morgan fingerprint density at radius 1 is 1.07 bits per heavy atom. The highest BCUT2D eigenvalue weighted by Gasteiger charge is 2.42. The zero-order valence-electron chi connectivity index (χ0n) is 18.4. The van der Waals surface area contributed by atoms with Crippen LogP contribution in [0.25, 0.3) is 0 Å². The van der Waals surface area contributed by atoms with Crippen molar-refractivity contribution in [1.82, 2.24) is 0 Å². The van der Waals surface area contributed by atoms with Crippen LogP contribution in [0.1, 0.15) is 62.0 Å². The van der Waals surface area contributed by atoms with Crippen molar-refractivity contribution < 1.29 is 19.3 Å². The lowest BCUT2D eigenvalue weighted by Gasteiger charge is -2.28. The highest BCUT2D eigenvalue weighted by Crippen LogP contribution is 2.54. The summed E-state index contributed by atoms with van der Waals surface area (Å²) in [6.45, 7) is 8.85. The van der Waals surface area contributed by atoms with Crippen molar-refractivity contribution in [2.24, 2.45) is 0 Å². The van der Waals surface area contributed by atoms with E-state index >= 15 is 0 Å². The zero-order valence-corrected chi connectivity index (χ0v) is 18.4. The van der Waals surface area contributed by atoms with E-state index in [1.54, 1.807) is 13.2 Å². The number of fused-ring (bicyclic) bond motifs is 5. The molecule has 0 saturated heterocycles. The van der Waals surface area contributed by atoms with Gasteiger partial charge in [-0.15, -0.1) is 0 Å². The summed E-state index contributed by atoms with van der Waals surface area (Å²) in [7, 11) is 1.70. The molecule has 30 heavy (non-hydrogen) atoms. The number of hydrogen-bond acceptors (Lipinski definition) is 4. The molecule has 2 atom stereocenters. The Morgan fingerprint density at radius 2 is 1.80 bits per heavy atom. The summed E-state index contributed by atoms with van der Waals surface area (Å²) in [4.78, 5) is 0. The maximum Gasteiger partial charge on any atom is 0.138 e. The van der Waals surface area contributed by atoms with Gasteiger partial charge in [0, 0.05) is 22.8 Å². The molecule has 0 aromatic heterocycles. The first-order valence-electron chi connectivity index (χ1n) is 10.5. The van der Waals surface area contributed by atoms with Crippen LogP contribution in [0.5, 0.6) is 23.0 Å². The fourth-order valence-electron chi connectivity index (χ4n) is 4.22. The normalized spacial score (nSPS) is 18.3. The number of methoxy groups -OCH3 is 1. The summed E-state index contributed by atoms with van der Waals surface area (Å²) in [5.41, 5.74) is 6.63. The molecule has 0 amide bonds. The van der Waals surface area contributed by atoms with E-state index in [4.69, 9.17) is 14.2 Å². The summed E-state index contributed by atoms with van der Waals surface area (Å²) in [6, 6.07) is 7.91. The number of rotatable bonds is 5. The molecule has 2 heterocycles. The molecule has 2 aliphatic rings. The number of benzene rings is 2. The van der Waals surface area contributed by atoms with Crippen LogP contribution in [0.4, 0.5) is 0 Å². The standard InChI is InChI=1S/C26H30O4/c1-15(2)6-8-17-12-20-24(13-22(17)27)29-14-21-18-10-11-23(28-5)19(9-7-16(3)4)25(18)30-26(20)21/h6-7,10-13,21,26-27H,8-9,14H2,1-5H3/t21-,26-/m0/s1.